The number of hydrogen-bond acceptors (Lipinski definition) is 4. The first kappa shape index (κ1) is 15.4. The number of para-hydroxylation sites is 1. The van der Waals surface area contributed by atoms with Gasteiger partial charge in [-0.25, -0.2) is 5.43 Å². The van der Waals surface area contributed by atoms with Crippen molar-refractivity contribution in [3.05, 3.63) is 59.7 Å². The van der Waals surface area contributed by atoms with Crippen molar-refractivity contribution in [2.24, 2.45) is 5.84 Å². The number of methoxy groups -OCH3 is 1. The Hall–Kier alpha value is -2.04. The molecule has 0 heterocycles. The van der Waals surface area contributed by atoms with Crippen molar-refractivity contribution in [2.75, 3.05) is 7.11 Å². The van der Waals surface area contributed by atoms with Gasteiger partial charge in [0.05, 0.1) is 19.3 Å². The summed E-state index contributed by atoms with van der Waals surface area (Å²) in [5, 5.41) is 0. The lowest BCUT2D eigenvalue weighted by atomic mass is 9.98. The molecule has 3 N–H and O–H groups in total. The van der Waals surface area contributed by atoms with Gasteiger partial charge in [-0.15, -0.1) is 0 Å². The molecule has 0 amide bonds. The summed E-state index contributed by atoms with van der Waals surface area (Å²) in [6.45, 7) is 4.01. The van der Waals surface area contributed by atoms with E-state index in [-0.39, 0.29) is 12.1 Å². The Balaban J connectivity index is 2.29. The second-order valence-electron chi connectivity index (χ2n) is 5.08. The van der Waals surface area contributed by atoms with Gasteiger partial charge < -0.3 is 9.47 Å². The van der Waals surface area contributed by atoms with Gasteiger partial charge in [-0.1, -0.05) is 30.3 Å². The third-order valence-corrected chi connectivity index (χ3v) is 3.20. The van der Waals surface area contributed by atoms with E-state index in [4.69, 9.17) is 15.3 Å². The summed E-state index contributed by atoms with van der Waals surface area (Å²) in [5.74, 6) is 7.40. The van der Waals surface area contributed by atoms with Gasteiger partial charge in [-0.3, -0.25) is 5.84 Å². The van der Waals surface area contributed by atoms with E-state index in [1.807, 2.05) is 62.4 Å². The van der Waals surface area contributed by atoms with E-state index in [9.17, 15) is 0 Å². The van der Waals surface area contributed by atoms with E-state index >= 15 is 0 Å². The molecule has 0 saturated carbocycles. The molecule has 0 aliphatic rings. The molecule has 0 aliphatic heterocycles. The van der Waals surface area contributed by atoms with Gasteiger partial charge in [0.2, 0.25) is 0 Å². The molecule has 112 valence electrons. The first-order valence-electron chi connectivity index (χ1n) is 7.01. The number of hydrazine groups is 1. The second kappa shape index (κ2) is 7.11. The smallest absolute Gasteiger partial charge is 0.124 e. The molecule has 2 aromatic rings. The highest BCUT2D eigenvalue weighted by Gasteiger charge is 2.16. The van der Waals surface area contributed by atoms with Crippen LogP contribution in [0, 0.1) is 0 Å². The van der Waals surface area contributed by atoms with Crippen LogP contribution < -0.4 is 20.7 Å². The molecule has 2 aromatic carbocycles. The van der Waals surface area contributed by atoms with Crippen LogP contribution in [0.2, 0.25) is 0 Å². The van der Waals surface area contributed by atoms with Gasteiger partial charge in [-0.2, -0.15) is 0 Å². The molecule has 0 radical (unpaired) electrons. The zero-order chi connectivity index (χ0) is 15.2. The number of nitrogens with one attached hydrogen (secondary N) is 1. The normalized spacial score (nSPS) is 12.2. The lowest BCUT2D eigenvalue weighted by molar-refractivity contribution is 0.242. The fourth-order valence-electron chi connectivity index (χ4n) is 2.28. The average molecular weight is 286 g/mol. The fraction of sp³-hybridized carbons (Fsp3) is 0.294. The van der Waals surface area contributed by atoms with E-state index in [0.717, 1.165) is 22.6 Å². The molecule has 2 rings (SSSR count). The van der Waals surface area contributed by atoms with E-state index < -0.39 is 0 Å². The summed E-state index contributed by atoms with van der Waals surface area (Å²) >= 11 is 0. The topological polar surface area (TPSA) is 56.5 Å². The van der Waals surface area contributed by atoms with Crippen molar-refractivity contribution in [1.82, 2.24) is 5.43 Å². The molecule has 4 nitrogen and oxygen atoms in total. The third kappa shape index (κ3) is 3.74. The van der Waals surface area contributed by atoms with Crippen LogP contribution in [0.5, 0.6) is 11.5 Å². The van der Waals surface area contributed by atoms with Crippen molar-refractivity contribution >= 4 is 0 Å². The van der Waals surface area contributed by atoms with Crippen LogP contribution in [0.4, 0.5) is 0 Å². The molecule has 0 aromatic heterocycles. The molecule has 0 fully saturated rings. The number of nitrogens with two attached hydrogens (primary N) is 1. The van der Waals surface area contributed by atoms with Gasteiger partial charge in [0.1, 0.15) is 11.5 Å². The molecule has 0 bridgehead atoms. The zero-order valence-corrected chi connectivity index (χ0v) is 12.7. The quantitative estimate of drug-likeness (QED) is 0.633. The molecule has 4 heteroatoms. The molecule has 0 aliphatic carbocycles. The maximum Gasteiger partial charge on any atom is 0.124 e. The summed E-state index contributed by atoms with van der Waals surface area (Å²) < 4.78 is 11.1. The van der Waals surface area contributed by atoms with Crippen LogP contribution >= 0.6 is 0 Å². The van der Waals surface area contributed by atoms with E-state index in [2.05, 4.69) is 5.43 Å². The molecular formula is C17H22N2O2. The Morgan fingerprint density at radius 3 is 2.24 bits per heavy atom. The Labute approximate surface area is 125 Å². The first-order chi connectivity index (χ1) is 10.2. The molecule has 21 heavy (non-hydrogen) atoms. The minimum absolute atomic E-state index is 0.130. The van der Waals surface area contributed by atoms with Crippen molar-refractivity contribution < 1.29 is 9.47 Å². The molecule has 1 atom stereocenters. The number of rotatable bonds is 6. The number of hydrogen-bond donors (Lipinski definition) is 2. The van der Waals surface area contributed by atoms with Gasteiger partial charge >= 0.3 is 0 Å². The summed E-state index contributed by atoms with van der Waals surface area (Å²) in [5.41, 5.74) is 4.90. The van der Waals surface area contributed by atoms with E-state index in [1.54, 1.807) is 7.11 Å². The maximum absolute atomic E-state index is 5.74. The minimum Gasteiger partial charge on any atom is -0.496 e. The van der Waals surface area contributed by atoms with Crippen molar-refractivity contribution in [2.45, 2.75) is 26.0 Å². The summed E-state index contributed by atoms with van der Waals surface area (Å²) in [6.07, 6.45) is 0.161. The van der Waals surface area contributed by atoms with Crippen molar-refractivity contribution in [1.29, 1.82) is 0 Å². The van der Waals surface area contributed by atoms with Crippen LogP contribution in [0.1, 0.15) is 31.0 Å². The molecule has 1 unspecified atom stereocenters. The number of benzene rings is 2. The second-order valence-corrected chi connectivity index (χ2v) is 5.08. The SMILES string of the molecule is COc1ccccc1C(NN)c1ccc(OC(C)C)cc1. The summed E-state index contributed by atoms with van der Waals surface area (Å²) in [4.78, 5) is 0. The van der Waals surface area contributed by atoms with Crippen LogP contribution in [-0.4, -0.2) is 13.2 Å². The Morgan fingerprint density at radius 2 is 1.67 bits per heavy atom. The van der Waals surface area contributed by atoms with Crippen LogP contribution in [0.15, 0.2) is 48.5 Å². The summed E-state index contributed by atoms with van der Waals surface area (Å²) in [6, 6.07) is 15.6. The van der Waals surface area contributed by atoms with Gasteiger partial charge in [0.15, 0.2) is 0 Å². The zero-order valence-electron chi connectivity index (χ0n) is 12.7. The van der Waals surface area contributed by atoms with Gasteiger partial charge in [-0.05, 0) is 37.6 Å². The lowest BCUT2D eigenvalue weighted by Crippen LogP contribution is -2.29. The average Bonchev–Trinajstić information content (AvgIpc) is 2.49. The highest BCUT2D eigenvalue weighted by molar-refractivity contribution is 5.42. The first-order valence-corrected chi connectivity index (χ1v) is 7.01. The standard InChI is InChI=1S/C17H22N2O2/c1-12(2)21-14-10-8-13(9-11-14)17(19-18)15-6-4-5-7-16(15)20-3/h4-12,17,19H,18H2,1-3H3. The highest BCUT2D eigenvalue weighted by Crippen LogP contribution is 2.30. The predicted molar refractivity (Wildman–Crippen MR) is 84.4 cm³/mol. The van der Waals surface area contributed by atoms with Crippen LogP contribution in [0.25, 0.3) is 0 Å². The van der Waals surface area contributed by atoms with Crippen LogP contribution in [0.3, 0.4) is 0 Å². The monoisotopic (exact) mass is 286 g/mol. The fourth-order valence-corrected chi connectivity index (χ4v) is 2.28. The van der Waals surface area contributed by atoms with E-state index in [1.165, 1.54) is 0 Å². The third-order valence-electron chi connectivity index (χ3n) is 3.20. The molecule has 0 spiro atoms. The minimum atomic E-state index is -0.130. The Bertz CT molecular complexity index is 567. The van der Waals surface area contributed by atoms with Crippen molar-refractivity contribution in [3.63, 3.8) is 0 Å². The number of ether oxygens (including phenoxy) is 2. The highest BCUT2D eigenvalue weighted by atomic mass is 16.5. The summed E-state index contributed by atoms with van der Waals surface area (Å²) in [7, 11) is 1.66. The Kier molecular flexibility index (Phi) is 5.20. The predicted octanol–water partition coefficient (Wildman–Crippen LogP) is 3.04. The van der Waals surface area contributed by atoms with Crippen LogP contribution in [-0.2, 0) is 0 Å². The molecular weight excluding hydrogens is 264 g/mol. The van der Waals surface area contributed by atoms with E-state index in [0.29, 0.717) is 0 Å². The van der Waals surface area contributed by atoms with Crippen molar-refractivity contribution in [3.8, 4) is 11.5 Å². The Morgan fingerprint density at radius 1 is 1.00 bits per heavy atom. The largest absolute Gasteiger partial charge is 0.496 e. The molecule has 0 saturated heterocycles. The van der Waals surface area contributed by atoms with Gasteiger partial charge in [0, 0.05) is 5.56 Å². The van der Waals surface area contributed by atoms with Gasteiger partial charge in [0.25, 0.3) is 0 Å². The lowest BCUT2D eigenvalue weighted by Gasteiger charge is -2.20. The maximum atomic E-state index is 5.74.